The maximum absolute atomic E-state index is 5.30. The van der Waals surface area contributed by atoms with Crippen LogP contribution in [0.3, 0.4) is 0 Å². The summed E-state index contributed by atoms with van der Waals surface area (Å²) in [5, 5.41) is 5.00. The lowest BCUT2D eigenvalue weighted by atomic mass is 9.81. The van der Waals surface area contributed by atoms with Gasteiger partial charge in [0.2, 0.25) is 0 Å². The lowest BCUT2D eigenvalue weighted by Crippen LogP contribution is -2.15. The Morgan fingerprint density at radius 1 is 0.415 bits per heavy atom. The second kappa shape index (κ2) is 11.1. The first-order chi connectivity index (χ1) is 26.0. The maximum Gasteiger partial charge on any atom is 0.162 e. The highest BCUT2D eigenvalue weighted by Gasteiger charge is 2.37. The Morgan fingerprint density at radius 3 is 1.51 bits per heavy atom. The van der Waals surface area contributed by atoms with E-state index in [0.717, 1.165) is 33.7 Å². The number of nitrogens with zero attached hydrogens (tertiary/aromatic N) is 4. The van der Waals surface area contributed by atoms with E-state index in [9.17, 15) is 0 Å². The van der Waals surface area contributed by atoms with E-state index in [2.05, 4.69) is 169 Å². The molecule has 0 amide bonds. The summed E-state index contributed by atoms with van der Waals surface area (Å²) in [7, 11) is 0. The summed E-state index contributed by atoms with van der Waals surface area (Å²) in [6.07, 6.45) is 0. The van der Waals surface area contributed by atoms with Crippen molar-refractivity contribution >= 4 is 43.6 Å². The quantitative estimate of drug-likeness (QED) is 0.186. The average molecular weight is 679 g/mol. The zero-order chi connectivity index (χ0) is 35.3. The molecule has 0 fully saturated rings. The molecule has 11 rings (SSSR count). The minimum Gasteiger partial charge on any atom is -0.309 e. The van der Waals surface area contributed by atoms with Crippen molar-refractivity contribution in [3.8, 4) is 45.3 Å². The fraction of sp³-hybridized carbons (Fsp3) is 0.0612. The Labute approximate surface area is 307 Å². The van der Waals surface area contributed by atoms with Gasteiger partial charge in [-0.05, 0) is 70.8 Å². The van der Waals surface area contributed by atoms with Gasteiger partial charge in [-0.15, -0.1) is 0 Å². The molecule has 0 radical (unpaired) electrons. The largest absolute Gasteiger partial charge is 0.309 e. The van der Waals surface area contributed by atoms with Gasteiger partial charge >= 0.3 is 0 Å². The number of hydrogen-bond donors (Lipinski definition) is 0. The van der Waals surface area contributed by atoms with E-state index >= 15 is 0 Å². The molecular weight excluding hydrogens is 645 g/mol. The van der Waals surface area contributed by atoms with Gasteiger partial charge in [-0.3, -0.25) is 4.57 Å². The fourth-order valence-corrected chi connectivity index (χ4v) is 8.78. The van der Waals surface area contributed by atoms with Crippen molar-refractivity contribution in [1.29, 1.82) is 0 Å². The molecule has 0 aliphatic heterocycles. The summed E-state index contributed by atoms with van der Waals surface area (Å²) >= 11 is 0. The molecule has 0 saturated heterocycles. The molecule has 0 bridgehead atoms. The van der Waals surface area contributed by atoms with Crippen molar-refractivity contribution in [2.45, 2.75) is 19.3 Å². The van der Waals surface area contributed by atoms with Crippen LogP contribution in [0.15, 0.2) is 170 Å². The summed E-state index contributed by atoms with van der Waals surface area (Å²) in [6.45, 7) is 4.77. The number of benzene rings is 7. The molecule has 7 aromatic carbocycles. The van der Waals surface area contributed by atoms with Gasteiger partial charge in [0.1, 0.15) is 5.82 Å². The van der Waals surface area contributed by atoms with Crippen LogP contribution in [-0.4, -0.2) is 19.1 Å². The van der Waals surface area contributed by atoms with Crippen LogP contribution >= 0.6 is 0 Å². The molecule has 0 unspecified atom stereocenters. The number of hydrogen-bond acceptors (Lipinski definition) is 2. The van der Waals surface area contributed by atoms with Crippen LogP contribution in [0.1, 0.15) is 25.0 Å². The molecule has 250 valence electrons. The molecule has 4 nitrogen and oxygen atoms in total. The van der Waals surface area contributed by atoms with Crippen LogP contribution in [0.25, 0.3) is 88.9 Å². The summed E-state index contributed by atoms with van der Waals surface area (Å²) in [6, 6.07) is 60.9. The average Bonchev–Trinajstić information content (AvgIpc) is 3.79. The Morgan fingerprint density at radius 2 is 0.906 bits per heavy atom. The Hall–Kier alpha value is -6.78. The van der Waals surface area contributed by atoms with Gasteiger partial charge in [0.25, 0.3) is 0 Å². The second-order valence-corrected chi connectivity index (χ2v) is 14.7. The lowest BCUT2D eigenvalue weighted by molar-refractivity contribution is 0.662. The number of aromatic nitrogens is 4. The van der Waals surface area contributed by atoms with E-state index in [1.807, 2.05) is 24.3 Å². The smallest absolute Gasteiger partial charge is 0.162 e. The van der Waals surface area contributed by atoms with Gasteiger partial charge in [0, 0.05) is 49.8 Å². The molecule has 10 aromatic rings. The highest BCUT2D eigenvalue weighted by atomic mass is 15.1. The fourth-order valence-electron chi connectivity index (χ4n) is 8.78. The third-order valence-corrected chi connectivity index (χ3v) is 11.3. The molecule has 1 aliphatic carbocycles. The third-order valence-electron chi connectivity index (χ3n) is 11.3. The number of fused-ring (bicyclic) bond motifs is 9. The predicted octanol–water partition coefficient (Wildman–Crippen LogP) is 12.3. The minimum absolute atomic E-state index is 0.192. The van der Waals surface area contributed by atoms with Crippen LogP contribution in [-0.2, 0) is 5.41 Å². The van der Waals surface area contributed by atoms with Crippen LogP contribution in [0.5, 0.6) is 0 Å². The van der Waals surface area contributed by atoms with E-state index in [4.69, 9.17) is 9.97 Å². The Bertz CT molecular complexity index is 3000. The van der Waals surface area contributed by atoms with Crippen molar-refractivity contribution < 1.29 is 0 Å². The molecule has 1 aliphatic rings. The topological polar surface area (TPSA) is 35.6 Å². The van der Waals surface area contributed by atoms with Gasteiger partial charge in [0.15, 0.2) is 5.82 Å². The summed E-state index contributed by atoms with van der Waals surface area (Å²) in [5.41, 5.74) is 13.9. The summed E-state index contributed by atoms with van der Waals surface area (Å²) in [5.74, 6) is 1.55. The molecule has 4 heteroatoms. The van der Waals surface area contributed by atoms with Crippen molar-refractivity contribution in [1.82, 2.24) is 19.1 Å². The zero-order valence-electron chi connectivity index (χ0n) is 29.5. The molecule has 0 spiro atoms. The molecule has 3 aromatic heterocycles. The van der Waals surface area contributed by atoms with E-state index in [1.54, 1.807) is 0 Å². The Kier molecular flexibility index (Phi) is 6.27. The molecule has 0 atom stereocenters. The Balaban J connectivity index is 1.21. The van der Waals surface area contributed by atoms with Crippen LogP contribution in [0.4, 0.5) is 0 Å². The van der Waals surface area contributed by atoms with Crippen LogP contribution in [0.2, 0.25) is 0 Å². The predicted molar refractivity (Wildman–Crippen MR) is 219 cm³/mol. The first-order valence-electron chi connectivity index (χ1n) is 18.3. The molecule has 0 N–H and O–H groups in total. The minimum atomic E-state index is -0.192. The van der Waals surface area contributed by atoms with E-state index in [-0.39, 0.29) is 5.41 Å². The van der Waals surface area contributed by atoms with E-state index in [0.29, 0.717) is 5.82 Å². The monoisotopic (exact) mass is 678 g/mol. The van der Waals surface area contributed by atoms with E-state index in [1.165, 1.54) is 60.5 Å². The molecular formula is C49H34N4. The summed E-state index contributed by atoms with van der Waals surface area (Å²) < 4.78 is 4.76. The normalized spacial score (nSPS) is 13.2. The molecule has 53 heavy (non-hydrogen) atoms. The van der Waals surface area contributed by atoms with Crippen molar-refractivity contribution in [3.63, 3.8) is 0 Å². The highest BCUT2D eigenvalue weighted by molar-refractivity contribution is 6.14. The van der Waals surface area contributed by atoms with Crippen LogP contribution < -0.4 is 0 Å². The van der Waals surface area contributed by atoms with Gasteiger partial charge in [0.05, 0.1) is 27.8 Å². The molecule has 3 heterocycles. The zero-order valence-corrected chi connectivity index (χ0v) is 29.5. The van der Waals surface area contributed by atoms with E-state index < -0.39 is 0 Å². The third kappa shape index (κ3) is 4.36. The summed E-state index contributed by atoms with van der Waals surface area (Å²) in [4.78, 5) is 10.4. The van der Waals surface area contributed by atoms with Crippen molar-refractivity contribution in [2.75, 3.05) is 0 Å². The second-order valence-electron chi connectivity index (χ2n) is 14.7. The SMILES string of the molecule is CC1(C)c2cc3c4ccccc4n(-c4ccccc4)c3cc2-c2cc3c(cc21)c1ccccc1n3-c1cc(-c2ccccc2)nc(-c2ccccc2)n1. The first kappa shape index (κ1) is 29.9. The number of para-hydroxylation sites is 3. The lowest BCUT2D eigenvalue weighted by Gasteiger charge is -2.22. The van der Waals surface area contributed by atoms with Gasteiger partial charge in [-0.25, -0.2) is 9.97 Å². The number of rotatable bonds is 4. The standard InChI is InChI=1S/C49H34N4/c1-49(2)40-26-38-34-22-12-14-24-43(34)52(33-20-10-5-11-21-33)45(38)28-36(40)37-29-46-39(27-41(37)49)35-23-13-15-25-44(35)53(46)47-30-42(31-16-6-3-7-17-31)50-48(51-47)32-18-8-4-9-19-32/h3-30H,1-2H3. The first-order valence-corrected chi connectivity index (χ1v) is 18.3. The van der Waals surface area contributed by atoms with Gasteiger partial charge < -0.3 is 4.57 Å². The van der Waals surface area contributed by atoms with Crippen molar-refractivity contribution in [2.24, 2.45) is 0 Å². The van der Waals surface area contributed by atoms with Crippen LogP contribution in [0, 0.1) is 0 Å². The van der Waals surface area contributed by atoms with Crippen molar-refractivity contribution in [3.05, 3.63) is 181 Å². The highest BCUT2D eigenvalue weighted by Crippen LogP contribution is 2.53. The maximum atomic E-state index is 5.30. The van der Waals surface area contributed by atoms with Gasteiger partial charge in [-0.2, -0.15) is 0 Å². The molecule has 0 saturated carbocycles. The van der Waals surface area contributed by atoms with Gasteiger partial charge in [-0.1, -0.05) is 129 Å².